The van der Waals surface area contributed by atoms with Gasteiger partial charge < -0.3 is 5.32 Å². The van der Waals surface area contributed by atoms with E-state index in [4.69, 9.17) is 11.6 Å². The van der Waals surface area contributed by atoms with E-state index >= 15 is 0 Å². The molecule has 1 aromatic carbocycles. The van der Waals surface area contributed by atoms with Gasteiger partial charge in [-0.05, 0) is 25.0 Å². The maximum atomic E-state index is 13.1. The Kier molecular flexibility index (Phi) is 4.28. The number of rotatable bonds is 2. The summed E-state index contributed by atoms with van der Waals surface area (Å²) >= 11 is 6.13. The molecule has 4 nitrogen and oxygen atoms in total. The molecule has 3 rings (SSSR count). The minimum atomic E-state index is -3.54. The molecule has 6 heteroatoms. The summed E-state index contributed by atoms with van der Waals surface area (Å²) in [6.07, 6.45) is 5.25. The van der Waals surface area contributed by atoms with Crippen LogP contribution >= 0.6 is 11.6 Å². The predicted octanol–water partition coefficient (Wildman–Crippen LogP) is 2.64. The highest BCUT2D eigenvalue weighted by atomic mass is 35.5. The van der Waals surface area contributed by atoms with Crippen LogP contribution in [0.25, 0.3) is 0 Å². The summed E-state index contributed by atoms with van der Waals surface area (Å²) in [7, 11) is -3.54. The molecule has 1 aromatic rings. The maximum Gasteiger partial charge on any atom is 0.245 e. The van der Waals surface area contributed by atoms with Gasteiger partial charge in [0.05, 0.1) is 5.02 Å². The lowest BCUT2D eigenvalue weighted by Gasteiger charge is -2.48. The van der Waals surface area contributed by atoms with E-state index in [-0.39, 0.29) is 10.4 Å². The zero-order valence-corrected chi connectivity index (χ0v) is 13.6. The lowest BCUT2D eigenvalue weighted by Crippen LogP contribution is -2.63. The van der Waals surface area contributed by atoms with Crippen molar-refractivity contribution in [2.24, 2.45) is 0 Å². The Morgan fingerprint density at radius 3 is 2.57 bits per heavy atom. The number of halogens is 1. The molecule has 2 fully saturated rings. The monoisotopic (exact) mass is 328 g/mol. The fourth-order valence-electron chi connectivity index (χ4n) is 3.61. The van der Waals surface area contributed by atoms with Crippen LogP contribution in [0.15, 0.2) is 29.2 Å². The molecule has 0 atom stereocenters. The second-order valence-corrected chi connectivity index (χ2v) is 8.21. The fraction of sp³-hybridized carbons (Fsp3) is 0.600. The molecule has 116 valence electrons. The van der Waals surface area contributed by atoms with E-state index in [2.05, 4.69) is 5.32 Å². The number of benzene rings is 1. The Hall–Kier alpha value is -0.620. The largest absolute Gasteiger partial charge is 0.314 e. The van der Waals surface area contributed by atoms with Gasteiger partial charge in [0.25, 0.3) is 0 Å². The highest BCUT2D eigenvalue weighted by Gasteiger charge is 2.46. The summed E-state index contributed by atoms with van der Waals surface area (Å²) < 4.78 is 27.9. The number of sulfonamides is 1. The van der Waals surface area contributed by atoms with Crippen molar-refractivity contribution in [3.05, 3.63) is 29.3 Å². The van der Waals surface area contributed by atoms with Gasteiger partial charge in [0.2, 0.25) is 10.0 Å². The molecule has 0 amide bonds. The molecule has 1 saturated carbocycles. The van der Waals surface area contributed by atoms with E-state index in [9.17, 15) is 8.42 Å². The molecule has 1 N–H and O–H groups in total. The average molecular weight is 329 g/mol. The first-order chi connectivity index (χ1) is 10.1. The van der Waals surface area contributed by atoms with Crippen molar-refractivity contribution in [2.75, 3.05) is 19.6 Å². The molecule has 21 heavy (non-hydrogen) atoms. The minimum absolute atomic E-state index is 0.235. The van der Waals surface area contributed by atoms with E-state index in [1.807, 2.05) is 0 Å². The van der Waals surface area contributed by atoms with Crippen LogP contribution in [0.3, 0.4) is 0 Å². The quantitative estimate of drug-likeness (QED) is 0.908. The van der Waals surface area contributed by atoms with Crippen LogP contribution in [0, 0.1) is 0 Å². The van der Waals surface area contributed by atoms with Crippen LogP contribution in [-0.2, 0) is 10.0 Å². The third-order valence-electron chi connectivity index (χ3n) is 4.66. The average Bonchev–Trinajstić information content (AvgIpc) is 2.48. The first-order valence-corrected chi connectivity index (χ1v) is 9.36. The first kappa shape index (κ1) is 15.3. The molecular formula is C15H21ClN2O2S. The number of nitrogens with one attached hydrogen (secondary N) is 1. The summed E-state index contributed by atoms with van der Waals surface area (Å²) in [4.78, 5) is 0.235. The summed E-state index contributed by atoms with van der Waals surface area (Å²) in [5.74, 6) is 0. The van der Waals surface area contributed by atoms with Gasteiger partial charge in [-0.3, -0.25) is 0 Å². The molecule has 0 unspecified atom stereocenters. The Bertz CT molecular complexity index is 604. The van der Waals surface area contributed by atoms with Crippen LogP contribution in [0.4, 0.5) is 0 Å². The summed E-state index contributed by atoms with van der Waals surface area (Å²) in [6, 6.07) is 6.74. The van der Waals surface area contributed by atoms with Gasteiger partial charge in [0.1, 0.15) is 4.90 Å². The third kappa shape index (κ3) is 2.72. The smallest absolute Gasteiger partial charge is 0.245 e. The van der Waals surface area contributed by atoms with Gasteiger partial charge >= 0.3 is 0 Å². The van der Waals surface area contributed by atoms with E-state index < -0.39 is 10.0 Å². The fourth-order valence-corrected chi connectivity index (χ4v) is 5.93. The van der Waals surface area contributed by atoms with Crippen LogP contribution < -0.4 is 5.32 Å². The number of hydrogen-bond donors (Lipinski definition) is 1. The molecular weight excluding hydrogens is 308 g/mol. The summed E-state index contributed by atoms with van der Waals surface area (Å²) in [5.41, 5.74) is -0.269. The zero-order chi connectivity index (χ0) is 14.9. The van der Waals surface area contributed by atoms with Crippen molar-refractivity contribution in [1.29, 1.82) is 0 Å². The SMILES string of the molecule is O=S(=O)(c1ccccc1Cl)N1CCNCC12CCCCC2. The normalized spacial score (nSPS) is 23.3. The minimum Gasteiger partial charge on any atom is -0.314 e. The summed E-state index contributed by atoms with van der Waals surface area (Å²) in [6.45, 7) is 1.97. The first-order valence-electron chi connectivity index (χ1n) is 7.54. The second-order valence-electron chi connectivity index (χ2n) is 5.97. The molecule has 2 aliphatic rings. The Morgan fingerprint density at radius 1 is 1.14 bits per heavy atom. The summed E-state index contributed by atoms with van der Waals surface area (Å²) in [5, 5.41) is 3.68. The van der Waals surface area contributed by atoms with E-state index in [1.54, 1.807) is 28.6 Å². The highest BCUT2D eigenvalue weighted by molar-refractivity contribution is 7.89. The molecule has 1 aliphatic carbocycles. The lowest BCUT2D eigenvalue weighted by atomic mass is 9.80. The van der Waals surface area contributed by atoms with Crippen molar-refractivity contribution >= 4 is 21.6 Å². The number of piperazine rings is 1. The van der Waals surface area contributed by atoms with Crippen LogP contribution in [0.1, 0.15) is 32.1 Å². The molecule has 0 radical (unpaired) electrons. The van der Waals surface area contributed by atoms with Gasteiger partial charge in [-0.2, -0.15) is 4.31 Å². The lowest BCUT2D eigenvalue weighted by molar-refractivity contribution is 0.101. The van der Waals surface area contributed by atoms with Crippen LogP contribution in [0.2, 0.25) is 5.02 Å². The Balaban J connectivity index is 2.01. The third-order valence-corrected chi connectivity index (χ3v) is 7.17. The van der Waals surface area contributed by atoms with Gasteiger partial charge in [-0.25, -0.2) is 8.42 Å². The molecule has 0 bridgehead atoms. The van der Waals surface area contributed by atoms with Crippen molar-refractivity contribution < 1.29 is 8.42 Å². The standard InChI is InChI=1S/C15H21ClN2O2S/c16-13-6-2-3-7-14(13)21(19,20)18-11-10-17-12-15(18)8-4-1-5-9-15/h2-3,6-7,17H,1,4-5,8-12H2. The van der Waals surface area contributed by atoms with Crippen molar-refractivity contribution in [3.8, 4) is 0 Å². The van der Waals surface area contributed by atoms with Crippen molar-refractivity contribution in [1.82, 2.24) is 9.62 Å². The molecule has 0 aromatic heterocycles. The topological polar surface area (TPSA) is 49.4 Å². The van der Waals surface area contributed by atoms with Gasteiger partial charge in [0, 0.05) is 25.2 Å². The molecule has 1 saturated heterocycles. The van der Waals surface area contributed by atoms with E-state index in [0.717, 1.165) is 32.2 Å². The van der Waals surface area contributed by atoms with Gasteiger partial charge in [-0.1, -0.05) is 43.0 Å². The molecule has 1 spiro atoms. The Morgan fingerprint density at radius 2 is 1.86 bits per heavy atom. The molecule has 1 heterocycles. The Labute approximate surface area is 131 Å². The zero-order valence-electron chi connectivity index (χ0n) is 12.0. The van der Waals surface area contributed by atoms with Crippen LogP contribution in [0.5, 0.6) is 0 Å². The second kappa shape index (κ2) is 5.88. The van der Waals surface area contributed by atoms with E-state index in [0.29, 0.717) is 18.1 Å². The highest BCUT2D eigenvalue weighted by Crippen LogP contribution is 2.39. The maximum absolute atomic E-state index is 13.1. The van der Waals surface area contributed by atoms with Crippen molar-refractivity contribution in [2.45, 2.75) is 42.5 Å². The number of hydrogen-bond acceptors (Lipinski definition) is 3. The van der Waals surface area contributed by atoms with Gasteiger partial charge in [-0.15, -0.1) is 0 Å². The predicted molar refractivity (Wildman–Crippen MR) is 84.0 cm³/mol. The van der Waals surface area contributed by atoms with E-state index in [1.165, 1.54) is 6.42 Å². The molecule has 1 aliphatic heterocycles. The van der Waals surface area contributed by atoms with Crippen LogP contribution in [-0.4, -0.2) is 37.9 Å². The van der Waals surface area contributed by atoms with Crippen molar-refractivity contribution in [3.63, 3.8) is 0 Å². The van der Waals surface area contributed by atoms with Gasteiger partial charge in [0.15, 0.2) is 0 Å². The number of nitrogens with zero attached hydrogens (tertiary/aromatic N) is 1.